The number of rotatable bonds is 3. The van der Waals surface area contributed by atoms with E-state index >= 15 is 0 Å². The van der Waals surface area contributed by atoms with Gasteiger partial charge in [-0.25, -0.2) is 4.98 Å². The molecule has 0 amide bonds. The highest BCUT2D eigenvalue weighted by Crippen LogP contribution is 2.17. The first-order valence-electron chi connectivity index (χ1n) is 6.91. The van der Waals surface area contributed by atoms with E-state index in [4.69, 9.17) is 4.74 Å². The fraction of sp³-hybridized carbons (Fsp3) is 0.500. The van der Waals surface area contributed by atoms with Gasteiger partial charge in [0.15, 0.2) is 0 Å². The summed E-state index contributed by atoms with van der Waals surface area (Å²) in [5.41, 5.74) is 1.38. The van der Waals surface area contributed by atoms with Crippen LogP contribution in [-0.4, -0.2) is 32.5 Å². The van der Waals surface area contributed by atoms with Crippen LogP contribution in [0.2, 0.25) is 0 Å². The van der Waals surface area contributed by atoms with Gasteiger partial charge in [-0.15, -0.1) is 0 Å². The van der Waals surface area contributed by atoms with Gasteiger partial charge in [0.2, 0.25) is 0 Å². The Morgan fingerprint density at radius 1 is 1.50 bits per heavy atom. The number of hydrogen-bond donors (Lipinski definition) is 1. The SMILES string of the molecule is Cn1cc(-c2cc(=O)[nH]c(CC3CCCCO3)n2)cn1. The predicted molar refractivity (Wildman–Crippen MR) is 74.4 cm³/mol. The van der Waals surface area contributed by atoms with Crippen molar-refractivity contribution in [2.24, 2.45) is 7.05 Å². The zero-order chi connectivity index (χ0) is 13.9. The molecule has 3 rings (SSSR count). The largest absolute Gasteiger partial charge is 0.378 e. The van der Waals surface area contributed by atoms with Crippen LogP contribution in [0.4, 0.5) is 0 Å². The first-order chi connectivity index (χ1) is 9.70. The lowest BCUT2D eigenvalue weighted by Gasteiger charge is -2.21. The fourth-order valence-electron chi connectivity index (χ4n) is 2.49. The highest BCUT2D eigenvalue weighted by Gasteiger charge is 2.16. The molecule has 106 valence electrons. The summed E-state index contributed by atoms with van der Waals surface area (Å²) in [5.74, 6) is 0.684. The van der Waals surface area contributed by atoms with Crippen LogP contribution in [-0.2, 0) is 18.2 Å². The molecule has 1 aliphatic rings. The van der Waals surface area contributed by atoms with Crippen LogP contribution in [0.5, 0.6) is 0 Å². The van der Waals surface area contributed by atoms with Crippen molar-refractivity contribution >= 4 is 0 Å². The molecule has 2 aromatic rings. The average molecular weight is 274 g/mol. The van der Waals surface area contributed by atoms with E-state index in [1.165, 1.54) is 12.5 Å². The molecule has 0 bridgehead atoms. The summed E-state index contributed by atoms with van der Waals surface area (Å²) >= 11 is 0. The molecule has 0 aliphatic carbocycles. The maximum absolute atomic E-state index is 11.8. The normalized spacial score (nSPS) is 19.1. The van der Waals surface area contributed by atoms with E-state index < -0.39 is 0 Å². The molecule has 1 fully saturated rings. The molecule has 0 spiro atoms. The molecule has 1 atom stereocenters. The molecule has 2 aromatic heterocycles. The van der Waals surface area contributed by atoms with Crippen LogP contribution >= 0.6 is 0 Å². The number of H-pyrrole nitrogens is 1. The second kappa shape index (κ2) is 5.58. The van der Waals surface area contributed by atoms with Gasteiger partial charge in [-0.1, -0.05) is 0 Å². The second-order valence-electron chi connectivity index (χ2n) is 5.17. The fourth-order valence-corrected chi connectivity index (χ4v) is 2.49. The van der Waals surface area contributed by atoms with E-state index in [0.29, 0.717) is 17.9 Å². The molecule has 1 unspecified atom stereocenters. The molecule has 0 saturated carbocycles. The zero-order valence-electron chi connectivity index (χ0n) is 11.5. The Bertz CT molecular complexity index is 641. The quantitative estimate of drug-likeness (QED) is 0.915. The first kappa shape index (κ1) is 13.1. The number of aromatic nitrogens is 4. The summed E-state index contributed by atoms with van der Waals surface area (Å²) in [7, 11) is 1.84. The topological polar surface area (TPSA) is 72.8 Å². The Labute approximate surface area is 116 Å². The van der Waals surface area contributed by atoms with Gasteiger partial charge in [0.25, 0.3) is 5.56 Å². The summed E-state index contributed by atoms with van der Waals surface area (Å²) in [5, 5.41) is 4.11. The highest BCUT2D eigenvalue weighted by atomic mass is 16.5. The number of nitrogens with one attached hydrogen (secondary N) is 1. The van der Waals surface area contributed by atoms with E-state index in [-0.39, 0.29) is 11.7 Å². The van der Waals surface area contributed by atoms with Crippen LogP contribution in [0, 0.1) is 0 Å². The van der Waals surface area contributed by atoms with E-state index in [1.54, 1.807) is 10.9 Å². The number of aryl methyl sites for hydroxylation is 1. The van der Waals surface area contributed by atoms with E-state index in [0.717, 1.165) is 25.0 Å². The molecule has 0 radical (unpaired) electrons. The maximum atomic E-state index is 11.8. The van der Waals surface area contributed by atoms with Gasteiger partial charge >= 0.3 is 0 Å². The third kappa shape index (κ3) is 2.96. The predicted octanol–water partition coefficient (Wildman–Crippen LogP) is 1.28. The van der Waals surface area contributed by atoms with Crippen LogP contribution in [0.3, 0.4) is 0 Å². The van der Waals surface area contributed by atoms with Crippen LogP contribution < -0.4 is 5.56 Å². The van der Waals surface area contributed by atoms with Crippen molar-refractivity contribution in [2.45, 2.75) is 31.8 Å². The molecule has 0 aromatic carbocycles. The lowest BCUT2D eigenvalue weighted by atomic mass is 10.1. The van der Waals surface area contributed by atoms with Crippen LogP contribution in [0.15, 0.2) is 23.3 Å². The van der Waals surface area contributed by atoms with Gasteiger partial charge in [-0.2, -0.15) is 5.10 Å². The van der Waals surface area contributed by atoms with Gasteiger partial charge in [0.1, 0.15) is 5.82 Å². The van der Waals surface area contributed by atoms with Gasteiger partial charge in [-0.05, 0) is 19.3 Å². The van der Waals surface area contributed by atoms with E-state index in [2.05, 4.69) is 15.1 Å². The third-order valence-electron chi connectivity index (χ3n) is 3.49. The highest BCUT2D eigenvalue weighted by molar-refractivity contribution is 5.56. The van der Waals surface area contributed by atoms with Gasteiger partial charge in [0.05, 0.1) is 18.0 Å². The summed E-state index contributed by atoms with van der Waals surface area (Å²) in [6, 6.07) is 1.50. The molecular weight excluding hydrogens is 256 g/mol. The molecule has 6 heteroatoms. The summed E-state index contributed by atoms with van der Waals surface area (Å²) in [6.07, 6.45) is 7.71. The molecule has 1 N–H and O–H groups in total. The van der Waals surface area contributed by atoms with Gasteiger partial charge < -0.3 is 9.72 Å². The number of hydrogen-bond acceptors (Lipinski definition) is 4. The van der Waals surface area contributed by atoms with E-state index in [9.17, 15) is 4.79 Å². The summed E-state index contributed by atoms with van der Waals surface area (Å²) < 4.78 is 7.39. The van der Waals surface area contributed by atoms with Gasteiger partial charge in [-0.3, -0.25) is 9.48 Å². The van der Waals surface area contributed by atoms with Crippen molar-refractivity contribution in [1.29, 1.82) is 0 Å². The Kier molecular flexibility index (Phi) is 3.64. The van der Waals surface area contributed by atoms with Gasteiger partial charge in [0, 0.05) is 37.9 Å². The minimum atomic E-state index is -0.135. The Morgan fingerprint density at radius 2 is 2.40 bits per heavy atom. The number of aromatic amines is 1. The minimum Gasteiger partial charge on any atom is -0.378 e. The number of nitrogens with zero attached hydrogens (tertiary/aromatic N) is 3. The van der Waals surface area contributed by atoms with Crippen molar-refractivity contribution in [1.82, 2.24) is 19.7 Å². The Balaban J connectivity index is 1.84. The molecule has 1 saturated heterocycles. The Morgan fingerprint density at radius 3 is 3.10 bits per heavy atom. The second-order valence-corrected chi connectivity index (χ2v) is 5.17. The van der Waals surface area contributed by atoms with E-state index in [1.807, 2.05) is 13.2 Å². The van der Waals surface area contributed by atoms with Crippen molar-refractivity contribution in [3.63, 3.8) is 0 Å². The molecule has 6 nitrogen and oxygen atoms in total. The standard InChI is InChI=1S/C14H18N4O2/c1-18-9-10(8-15-18)12-7-14(19)17-13(16-12)6-11-4-2-3-5-20-11/h7-9,11H,2-6H2,1H3,(H,16,17,19). The smallest absolute Gasteiger partial charge is 0.251 e. The molecule has 20 heavy (non-hydrogen) atoms. The maximum Gasteiger partial charge on any atom is 0.251 e. The molecular formula is C14H18N4O2. The van der Waals surface area contributed by atoms with Crippen molar-refractivity contribution in [3.8, 4) is 11.3 Å². The third-order valence-corrected chi connectivity index (χ3v) is 3.49. The van der Waals surface area contributed by atoms with Crippen molar-refractivity contribution < 1.29 is 4.74 Å². The molecule has 3 heterocycles. The zero-order valence-corrected chi connectivity index (χ0v) is 11.5. The average Bonchev–Trinajstić information content (AvgIpc) is 2.86. The molecule has 1 aliphatic heterocycles. The summed E-state index contributed by atoms with van der Waals surface area (Å²) in [6.45, 7) is 0.803. The summed E-state index contributed by atoms with van der Waals surface area (Å²) in [4.78, 5) is 19.1. The van der Waals surface area contributed by atoms with Crippen LogP contribution in [0.1, 0.15) is 25.1 Å². The Hall–Kier alpha value is -1.95. The lowest BCUT2D eigenvalue weighted by Crippen LogP contribution is -2.24. The van der Waals surface area contributed by atoms with Crippen LogP contribution in [0.25, 0.3) is 11.3 Å². The van der Waals surface area contributed by atoms with Crippen molar-refractivity contribution in [3.05, 3.63) is 34.6 Å². The lowest BCUT2D eigenvalue weighted by molar-refractivity contribution is 0.0156. The monoisotopic (exact) mass is 274 g/mol. The minimum absolute atomic E-state index is 0.135. The first-order valence-corrected chi connectivity index (χ1v) is 6.91. The number of ether oxygens (including phenoxy) is 1. The van der Waals surface area contributed by atoms with Crippen molar-refractivity contribution in [2.75, 3.05) is 6.61 Å².